The third-order valence-electron chi connectivity index (χ3n) is 3.85. The Morgan fingerprint density at radius 2 is 2.18 bits per heavy atom. The maximum absolute atomic E-state index is 11.5. The normalized spacial score (nSPS) is 19.0. The molecule has 2 heterocycles. The molecule has 1 unspecified atom stereocenters. The Hall–Kier alpha value is -1.85. The number of hydrogen-bond donors (Lipinski definition) is 2. The van der Waals surface area contributed by atoms with Crippen LogP contribution < -0.4 is 10.9 Å². The van der Waals surface area contributed by atoms with Crippen LogP contribution in [-0.4, -0.2) is 34.0 Å². The first kappa shape index (κ1) is 15.1. The molecule has 2 N–H and O–H groups in total. The van der Waals surface area contributed by atoms with Gasteiger partial charge in [-0.15, -0.1) is 0 Å². The molecule has 5 nitrogen and oxygen atoms in total. The highest BCUT2D eigenvalue weighted by atomic mass is 35.5. The van der Waals surface area contributed by atoms with Crippen molar-refractivity contribution in [3.63, 3.8) is 0 Å². The quantitative estimate of drug-likeness (QED) is 0.909. The summed E-state index contributed by atoms with van der Waals surface area (Å²) in [7, 11) is 0. The van der Waals surface area contributed by atoms with Crippen LogP contribution in [0.5, 0.6) is 0 Å². The van der Waals surface area contributed by atoms with Crippen molar-refractivity contribution in [1.29, 1.82) is 0 Å². The predicted octanol–water partition coefficient (Wildman–Crippen LogP) is 2.50. The molecular formula is C16H19ClN4O. The number of aromatic amines is 1. The number of piperidine rings is 1. The van der Waals surface area contributed by atoms with E-state index in [1.54, 1.807) is 0 Å². The van der Waals surface area contributed by atoms with Crippen LogP contribution in [0.2, 0.25) is 5.02 Å². The highest BCUT2D eigenvalue weighted by Gasteiger charge is 2.20. The van der Waals surface area contributed by atoms with E-state index in [2.05, 4.69) is 44.5 Å². The first-order valence-corrected chi connectivity index (χ1v) is 7.86. The zero-order valence-corrected chi connectivity index (χ0v) is 13.0. The van der Waals surface area contributed by atoms with Gasteiger partial charge in [-0.2, -0.15) is 0 Å². The second-order valence-corrected chi connectivity index (χ2v) is 6.02. The number of nitrogens with one attached hydrogen (secondary N) is 2. The molecule has 0 saturated carbocycles. The van der Waals surface area contributed by atoms with Gasteiger partial charge >= 0.3 is 0 Å². The molecule has 1 fully saturated rings. The molecule has 0 aliphatic carbocycles. The monoisotopic (exact) mass is 318 g/mol. The molecule has 6 heteroatoms. The number of aromatic nitrogens is 2. The molecular weight excluding hydrogens is 300 g/mol. The largest absolute Gasteiger partial charge is 0.352 e. The van der Waals surface area contributed by atoms with Gasteiger partial charge in [0.15, 0.2) is 0 Å². The second kappa shape index (κ2) is 6.94. The number of H-pyrrole nitrogens is 1. The van der Waals surface area contributed by atoms with Crippen LogP contribution in [0.1, 0.15) is 18.4 Å². The van der Waals surface area contributed by atoms with Gasteiger partial charge in [0.05, 0.1) is 6.20 Å². The summed E-state index contributed by atoms with van der Waals surface area (Å²) in [5, 5.41) is 3.41. The van der Waals surface area contributed by atoms with E-state index in [-0.39, 0.29) is 16.6 Å². The van der Waals surface area contributed by atoms with Gasteiger partial charge < -0.3 is 5.32 Å². The van der Waals surface area contributed by atoms with Crippen molar-refractivity contribution in [2.45, 2.75) is 25.4 Å². The zero-order chi connectivity index (χ0) is 15.4. The van der Waals surface area contributed by atoms with Gasteiger partial charge in [0.25, 0.3) is 5.56 Å². The Bertz CT molecular complexity index is 673. The minimum absolute atomic E-state index is 0.111. The first-order valence-electron chi connectivity index (χ1n) is 7.48. The maximum Gasteiger partial charge on any atom is 0.271 e. The average molecular weight is 319 g/mol. The topological polar surface area (TPSA) is 61.0 Å². The molecule has 1 aliphatic heterocycles. The number of anilines is 1. The van der Waals surface area contributed by atoms with E-state index in [1.807, 2.05) is 6.07 Å². The molecule has 22 heavy (non-hydrogen) atoms. The number of hydrogen-bond acceptors (Lipinski definition) is 4. The Morgan fingerprint density at radius 1 is 1.36 bits per heavy atom. The zero-order valence-electron chi connectivity index (χ0n) is 12.3. The van der Waals surface area contributed by atoms with Gasteiger partial charge in [0, 0.05) is 19.1 Å². The first-order chi connectivity index (χ1) is 10.7. The summed E-state index contributed by atoms with van der Waals surface area (Å²) in [5.41, 5.74) is 1.01. The lowest BCUT2D eigenvalue weighted by molar-refractivity contribution is 0.208. The molecule has 1 aromatic carbocycles. The summed E-state index contributed by atoms with van der Waals surface area (Å²) in [6.45, 7) is 2.97. The Kier molecular flexibility index (Phi) is 4.75. The van der Waals surface area contributed by atoms with Crippen LogP contribution in [0.25, 0.3) is 0 Å². The molecule has 2 aromatic rings. The molecule has 0 radical (unpaired) electrons. The van der Waals surface area contributed by atoms with Gasteiger partial charge in [-0.3, -0.25) is 14.7 Å². The van der Waals surface area contributed by atoms with Crippen molar-refractivity contribution >= 4 is 17.5 Å². The number of likely N-dealkylation sites (tertiary alicyclic amines) is 1. The molecule has 3 rings (SSSR count). The Balaban J connectivity index is 1.60. The van der Waals surface area contributed by atoms with Gasteiger partial charge in [0.2, 0.25) is 5.95 Å². The van der Waals surface area contributed by atoms with Crippen LogP contribution in [0.15, 0.2) is 41.3 Å². The molecule has 0 bridgehead atoms. The molecule has 1 atom stereocenters. The lowest BCUT2D eigenvalue weighted by Crippen LogP contribution is -2.42. The van der Waals surface area contributed by atoms with Crippen LogP contribution in [0.4, 0.5) is 5.95 Å². The van der Waals surface area contributed by atoms with Crippen molar-refractivity contribution < 1.29 is 0 Å². The van der Waals surface area contributed by atoms with E-state index in [9.17, 15) is 4.79 Å². The minimum atomic E-state index is -0.309. The summed E-state index contributed by atoms with van der Waals surface area (Å²) in [4.78, 5) is 20.7. The van der Waals surface area contributed by atoms with Gasteiger partial charge in [-0.25, -0.2) is 4.98 Å². The van der Waals surface area contributed by atoms with E-state index < -0.39 is 0 Å². The van der Waals surface area contributed by atoms with Crippen LogP contribution in [-0.2, 0) is 6.54 Å². The van der Waals surface area contributed by atoms with E-state index in [4.69, 9.17) is 11.6 Å². The van der Waals surface area contributed by atoms with Crippen LogP contribution >= 0.6 is 11.6 Å². The van der Waals surface area contributed by atoms with Crippen molar-refractivity contribution in [2.75, 3.05) is 18.4 Å². The number of rotatable bonds is 4. The fourth-order valence-electron chi connectivity index (χ4n) is 2.80. The lowest BCUT2D eigenvalue weighted by atomic mass is 10.0. The van der Waals surface area contributed by atoms with Gasteiger partial charge in [-0.05, 0) is 24.9 Å². The molecule has 1 aromatic heterocycles. The Morgan fingerprint density at radius 3 is 2.95 bits per heavy atom. The van der Waals surface area contributed by atoms with Crippen molar-refractivity contribution in [3.05, 3.63) is 57.5 Å². The third kappa shape index (κ3) is 3.87. The highest BCUT2D eigenvalue weighted by Crippen LogP contribution is 2.16. The lowest BCUT2D eigenvalue weighted by Gasteiger charge is -2.33. The fraction of sp³-hybridized carbons (Fsp3) is 0.375. The second-order valence-electron chi connectivity index (χ2n) is 5.61. The van der Waals surface area contributed by atoms with E-state index in [0.717, 1.165) is 32.5 Å². The predicted molar refractivity (Wildman–Crippen MR) is 88.2 cm³/mol. The van der Waals surface area contributed by atoms with Crippen molar-refractivity contribution in [3.8, 4) is 0 Å². The standard InChI is InChI=1S/C16H19ClN4O/c17-14-9-18-16(20-15(14)22)19-13-7-4-8-21(11-13)10-12-5-2-1-3-6-12/h1-3,5-6,9,13H,4,7-8,10-11H2,(H2,18,19,20,22). The van der Waals surface area contributed by atoms with Crippen molar-refractivity contribution in [1.82, 2.24) is 14.9 Å². The van der Waals surface area contributed by atoms with Crippen LogP contribution in [0.3, 0.4) is 0 Å². The number of benzene rings is 1. The van der Waals surface area contributed by atoms with Gasteiger partial charge in [0.1, 0.15) is 5.02 Å². The maximum atomic E-state index is 11.5. The summed E-state index contributed by atoms with van der Waals surface area (Å²) in [6.07, 6.45) is 3.58. The summed E-state index contributed by atoms with van der Waals surface area (Å²) in [6, 6.07) is 10.7. The number of nitrogens with zero attached hydrogens (tertiary/aromatic N) is 2. The van der Waals surface area contributed by atoms with Crippen molar-refractivity contribution in [2.24, 2.45) is 0 Å². The summed E-state index contributed by atoms with van der Waals surface area (Å²) < 4.78 is 0. The summed E-state index contributed by atoms with van der Waals surface area (Å²) >= 11 is 5.69. The summed E-state index contributed by atoms with van der Waals surface area (Å²) in [5.74, 6) is 0.487. The molecule has 116 valence electrons. The van der Waals surface area contributed by atoms with E-state index in [1.165, 1.54) is 11.8 Å². The minimum Gasteiger partial charge on any atom is -0.352 e. The van der Waals surface area contributed by atoms with E-state index in [0.29, 0.717) is 5.95 Å². The molecule has 0 spiro atoms. The van der Waals surface area contributed by atoms with E-state index >= 15 is 0 Å². The SMILES string of the molecule is O=c1[nH]c(NC2CCCN(Cc3ccccc3)C2)ncc1Cl. The Labute approximate surface area is 134 Å². The average Bonchev–Trinajstić information content (AvgIpc) is 2.52. The smallest absolute Gasteiger partial charge is 0.271 e. The highest BCUT2D eigenvalue weighted by molar-refractivity contribution is 6.30. The fourth-order valence-corrected chi connectivity index (χ4v) is 2.90. The van der Waals surface area contributed by atoms with Crippen LogP contribution in [0, 0.1) is 0 Å². The van der Waals surface area contributed by atoms with Gasteiger partial charge in [-0.1, -0.05) is 41.9 Å². The number of halogens is 1. The molecule has 1 aliphatic rings. The third-order valence-corrected chi connectivity index (χ3v) is 4.12. The molecule has 1 saturated heterocycles. The molecule has 0 amide bonds.